The maximum atomic E-state index is 13.7. The fraction of sp³-hybridized carbons (Fsp3) is 0.444. The Kier molecular flexibility index (Phi) is 5.79. The maximum Gasteiger partial charge on any atom is 0.241 e. The largest absolute Gasteiger partial charge is 0.394 e. The summed E-state index contributed by atoms with van der Waals surface area (Å²) in [6, 6.07) is 17.5. The minimum Gasteiger partial charge on any atom is -0.394 e. The zero-order valence-electron chi connectivity index (χ0n) is 18.8. The molecule has 0 bridgehead atoms. The number of amides is 3. The van der Waals surface area contributed by atoms with Gasteiger partial charge in [0.1, 0.15) is 0 Å². The van der Waals surface area contributed by atoms with Crippen LogP contribution in [0.2, 0.25) is 0 Å². The third-order valence-electron chi connectivity index (χ3n) is 7.42. The van der Waals surface area contributed by atoms with Crippen molar-refractivity contribution in [3.05, 3.63) is 60.2 Å². The Hall–Kier alpha value is -2.99. The summed E-state index contributed by atoms with van der Waals surface area (Å²) in [5.41, 5.74) is 1.63. The van der Waals surface area contributed by atoms with Gasteiger partial charge in [-0.25, -0.2) is 0 Å². The van der Waals surface area contributed by atoms with Crippen LogP contribution in [0.5, 0.6) is 0 Å². The van der Waals surface area contributed by atoms with E-state index in [0.717, 1.165) is 48.8 Å². The molecule has 0 spiro atoms. The lowest BCUT2D eigenvalue weighted by Gasteiger charge is -2.37. The Morgan fingerprint density at radius 1 is 0.939 bits per heavy atom. The highest BCUT2D eigenvalue weighted by molar-refractivity contribution is 6.11. The van der Waals surface area contributed by atoms with E-state index in [0.29, 0.717) is 6.54 Å². The molecule has 2 aliphatic heterocycles. The number of likely N-dealkylation sites (tertiary alicyclic amines) is 2. The molecule has 6 heteroatoms. The first-order valence-corrected chi connectivity index (χ1v) is 12.0. The molecule has 3 aliphatic rings. The summed E-state index contributed by atoms with van der Waals surface area (Å²) in [6.07, 6.45) is 4.30. The second kappa shape index (κ2) is 8.75. The van der Waals surface area contributed by atoms with Crippen LogP contribution in [0.15, 0.2) is 54.6 Å². The van der Waals surface area contributed by atoms with Crippen LogP contribution in [0, 0.1) is 0 Å². The highest BCUT2D eigenvalue weighted by Crippen LogP contribution is 2.45. The second-order valence-corrected chi connectivity index (χ2v) is 9.60. The molecule has 1 saturated carbocycles. The van der Waals surface area contributed by atoms with Gasteiger partial charge in [-0.3, -0.25) is 19.3 Å². The average molecular weight is 447 g/mol. The fourth-order valence-corrected chi connectivity index (χ4v) is 5.42. The van der Waals surface area contributed by atoms with Gasteiger partial charge >= 0.3 is 0 Å². The minimum atomic E-state index is -1.18. The van der Waals surface area contributed by atoms with Crippen molar-refractivity contribution in [1.29, 1.82) is 0 Å². The number of imide groups is 1. The standard InChI is InChI=1S/C27H30N2O4/c30-18-23-8-4-5-15-28(23)24(31)16-27(17-25(32)29(26(27)33)22-13-14-22)21-11-9-20(10-12-21)19-6-2-1-3-7-19/h1-3,6-7,9-12,22-23,30H,4-5,8,13-18H2. The van der Waals surface area contributed by atoms with E-state index in [4.69, 9.17) is 0 Å². The van der Waals surface area contributed by atoms with E-state index < -0.39 is 5.41 Å². The lowest BCUT2D eigenvalue weighted by atomic mass is 9.75. The van der Waals surface area contributed by atoms with E-state index in [9.17, 15) is 19.5 Å². The zero-order chi connectivity index (χ0) is 23.0. The van der Waals surface area contributed by atoms with E-state index in [1.54, 1.807) is 4.90 Å². The van der Waals surface area contributed by atoms with Gasteiger partial charge in [0, 0.05) is 25.4 Å². The summed E-state index contributed by atoms with van der Waals surface area (Å²) >= 11 is 0. The van der Waals surface area contributed by atoms with Gasteiger partial charge in [-0.05, 0) is 48.8 Å². The first-order valence-electron chi connectivity index (χ1n) is 12.0. The number of nitrogens with zero attached hydrogens (tertiary/aromatic N) is 2. The molecule has 2 aromatic carbocycles. The van der Waals surface area contributed by atoms with E-state index in [1.165, 1.54) is 4.90 Å². The molecule has 1 N–H and O–H groups in total. The molecule has 2 aromatic rings. The molecule has 5 rings (SSSR count). The molecule has 1 aliphatic carbocycles. The summed E-state index contributed by atoms with van der Waals surface area (Å²) < 4.78 is 0. The van der Waals surface area contributed by atoms with Gasteiger partial charge in [0.2, 0.25) is 17.7 Å². The van der Waals surface area contributed by atoms with Crippen LogP contribution >= 0.6 is 0 Å². The number of carbonyl (C=O) groups excluding carboxylic acids is 3. The third-order valence-corrected chi connectivity index (χ3v) is 7.42. The topological polar surface area (TPSA) is 77.9 Å². The van der Waals surface area contributed by atoms with Gasteiger partial charge in [-0.1, -0.05) is 54.6 Å². The van der Waals surface area contributed by atoms with Gasteiger partial charge in [0.15, 0.2) is 0 Å². The fourth-order valence-electron chi connectivity index (χ4n) is 5.42. The van der Waals surface area contributed by atoms with E-state index in [-0.39, 0.29) is 49.3 Å². The van der Waals surface area contributed by atoms with Crippen molar-refractivity contribution in [3.63, 3.8) is 0 Å². The number of piperidine rings is 1. The first-order chi connectivity index (χ1) is 16.0. The quantitative estimate of drug-likeness (QED) is 0.691. The molecule has 2 heterocycles. The molecule has 3 fully saturated rings. The smallest absolute Gasteiger partial charge is 0.241 e. The molecule has 2 saturated heterocycles. The minimum absolute atomic E-state index is 0.0225. The number of benzene rings is 2. The van der Waals surface area contributed by atoms with Gasteiger partial charge in [-0.2, -0.15) is 0 Å². The molecule has 172 valence electrons. The number of hydrogen-bond acceptors (Lipinski definition) is 4. The van der Waals surface area contributed by atoms with Gasteiger partial charge in [0.25, 0.3) is 0 Å². The van der Waals surface area contributed by atoms with Gasteiger partial charge in [0.05, 0.1) is 18.1 Å². The van der Waals surface area contributed by atoms with Crippen molar-refractivity contribution in [1.82, 2.24) is 9.80 Å². The van der Waals surface area contributed by atoms with E-state index in [2.05, 4.69) is 0 Å². The molecule has 6 nitrogen and oxygen atoms in total. The molecule has 0 aromatic heterocycles. The molecule has 3 amide bonds. The Labute approximate surface area is 194 Å². The predicted molar refractivity (Wildman–Crippen MR) is 124 cm³/mol. The molecule has 33 heavy (non-hydrogen) atoms. The van der Waals surface area contributed by atoms with Crippen molar-refractivity contribution in [3.8, 4) is 11.1 Å². The predicted octanol–water partition coefficient (Wildman–Crippen LogP) is 3.28. The van der Waals surface area contributed by atoms with Crippen LogP contribution in [0.4, 0.5) is 0 Å². The summed E-state index contributed by atoms with van der Waals surface area (Å²) in [5, 5.41) is 9.79. The van der Waals surface area contributed by atoms with Crippen molar-refractivity contribution in [2.75, 3.05) is 13.2 Å². The third kappa shape index (κ3) is 3.97. The lowest BCUT2D eigenvalue weighted by molar-refractivity contribution is -0.144. The van der Waals surface area contributed by atoms with E-state index in [1.807, 2.05) is 54.6 Å². The number of aliphatic hydroxyl groups is 1. The van der Waals surface area contributed by atoms with Crippen LogP contribution in [0.25, 0.3) is 11.1 Å². The molecule has 2 unspecified atom stereocenters. The average Bonchev–Trinajstić information content (AvgIpc) is 3.65. The van der Waals surface area contributed by atoms with Crippen LogP contribution in [0.3, 0.4) is 0 Å². The van der Waals surface area contributed by atoms with Crippen molar-refractivity contribution in [2.24, 2.45) is 0 Å². The number of aliphatic hydroxyl groups excluding tert-OH is 1. The SMILES string of the molecule is O=C(CC1(c2ccc(-c3ccccc3)cc2)CC(=O)N(C2CC2)C1=O)N1CCCCC1CO. The molecular weight excluding hydrogens is 416 g/mol. The monoisotopic (exact) mass is 446 g/mol. The number of hydrogen-bond donors (Lipinski definition) is 1. The second-order valence-electron chi connectivity index (χ2n) is 9.60. The van der Waals surface area contributed by atoms with Crippen molar-refractivity contribution >= 4 is 17.7 Å². The summed E-state index contributed by atoms with van der Waals surface area (Å²) in [4.78, 5) is 43.3. The van der Waals surface area contributed by atoms with Crippen molar-refractivity contribution in [2.45, 2.75) is 62.4 Å². The lowest BCUT2D eigenvalue weighted by Crippen LogP contribution is -2.49. The highest BCUT2D eigenvalue weighted by Gasteiger charge is 2.57. The van der Waals surface area contributed by atoms with E-state index >= 15 is 0 Å². The van der Waals surface area contributed by atoms with Crippen LogP contribution in [-0.4, -0.2) is 57.9 Å². The maximum absolute atomic E-state index is 13.7. The molecule has 0 radical (unpaired) electrons. The summed E-state index contributed by atoms with van der Waals surface area (Å²) in [5.74, 6) is -0.576. The summed E-state index contributed by atoms with van der Waals surface area (Å²) in [7, 11) is 0. The van der Waals surface area contributed by atoms with Crippen LogP contribution in [0.1, 0.15) is 50.5 Å². The van der Waals surface area contributed by atoms with Crippen LogP contribution < -0.4 is 0 Å². The highest BCUT2D eigenvalue weighted by atomic mass is 16.3. The van der Waals surface area contributed by atoms with Gasteiger partial charge in [-0.15, -0.1) is 0 Å². The Balaban J connectivity index is 1.49. The Morgan fingerprint density at radius 2 is 1.64 bits per heavy atom. The summed E-state index contributed by atoms with van der Waals surface area (Å²) in [6.45, 7) is 0.507. The number of rotatable bonds is 6. The van der Waals surface area contributed by atoms with Crippen molar-refractivity contribution < 1.29 is 19.5 Å². The molecular formula is C27H30N2O4. The number of carbonyl (C=O) groups is 3. The Morgan fingerprint density at radius 3 is 2.30 bits per heavy atom. The molecule has 2 atom stereocenters. The Bertz CT molecular complexity index is 1050. The van der Waals surface area contributed by atoms with Crippen LogP contribution in [-0.2, 0) is 19.8 Å². The zero-order valence-corrected chi connectivity index (χ0v) is 18.8. The first kappa shape index (κ1) is 21.8. The van der Waals surface area contributed by atoms with Gasteiger partial charge < -0.3 is 10.0 Å². The normalized spacial score (nSPS) is 25.5.